The number of methoxy groups -OCH3 is 2. The van der Waals surface area contributed by atoms with Crippen LogP contribution in [-0.2, 0) is 13.0 Å². The molecule has 1 unspecified atom stereocenters. The summed E-state index contributed by atoms with van der Waals surface area (Å²) in [5.74, 6) is 1.48. The minimum absolute atomic E-state index is 0.203. The summed E-state index contributed by atoms with van der Waals surface area (Å²) in [6, 6.07) is 21.1. The second-order valence-electron chi connectivity index (χ2n) is 6.35. The molecule has 0 radical (unpaired) electrons. The van der Waals surface area contributed by atoms with E-state index < -0.39 is 0 Å². The minimum atomic E-state index is 0.203. The Morgan fingerprint density at radius 2 is 1.69 bits per heavy atom. The van der Waals surface area contributed by atoms with E-state index in [0.29, 0.717) is 6.54 Å². The molecule has 3 aromatic carbocycles. The SMILES string of the molecule is COc1ccc(CNC(CN)Cc2cccc3ccccc23)cc1OC. The Morgan fingerprint density at radius 3 is 2.46 bits per heavy atom. The second kappa shape index (κ2) is 8.70. The monoisotopic (exact) mass is 350 g/mol. The third-order valence-electron chi connectivity index (χ3n) is 4.67. The van der Waals surface area contributed by atoms with E-state index in [9.17, 15) is 0 Å². The lowest BCUT2D eigenvalue weighted by molar-refractivity contribution is 0.354. The average molecular weight is 350 g/mol. The first-order valence-corrected chi connectivity index (χ1v) is 8.86. The van der Waals surface area contributed by atoms with E-state index in [-0.39, 0.29) is 6.04 Å². The van der Waals surface area contributed by atoms with Gasteiger partial charge in [0.25, 0.3) is 0 Å². The van der Waals surface area contributed by atoms with Crippen LogP contribution in [0.2, 0.25) is 0 Å². The van der Waals surface area contributed by atoms with Crippen LogP contribution in [0.1, 0.15) is 11.1 Å². The largest absolute Gasteiger partial charge is 0.493 e. The molecule has 0 saturated heterocycles. The first kappa shape index (κ1) is 18.2. The van der Waals surface area contributed by atoms with E-state index in [1.54, 1.807) is 14.2 Å². The van der Waals surface area contributed by atoms with Gasteiger partial charge in [-0.1, -0.05) is 48.5 Å². The lowest BCUT2D eigenvalue weighted by Gasteiger charge is -2.19. The molecule has 26 heavy (non-hydrogen) atoms. The van der Waals surface area contributed by atoms with E-state index in [1.165, 1.54) is 16.3 Å². The minimum Gasteiger partial charge on any atom is -0.493 e. The molecule has 0 heterocycles. The molecule has 0 amide bonds. The van der Waals surface area contributed by atoms with Crippen LogP contribution in [0.3, 0.4) is 0 Å². The van der Waals surface area contributed by atoms with Gasteiger partial charge in [-0.25, -0.2) is 0 Å². The van der Waals surface area contributed by atoms with Gasteiger partial charge in [0, 0.05) is 19.1 Å². The van der Waals surface area contributed by atoms with Crippen LogP contribution < -0.4 is 20.5 Å². The van der Waals surface area contributed by atoms with Gasteiger partial charge >= 0.3 is 0 Å². The maximum Gasteiger partial charge on any atom is 0.161 e. The number of hydrogen-bond acceptors (Lipinski definition) is 4. The predicted octanol–water partition coefficient (Wildman–Crippen LogP) is 3.52. The number of hydrogen-bond donors (Lipinski definition) is 2. The fourth-order valence-corrected chi connectivity index (χ4v) is 3.23. The topological polar surface area (TPSA) is 56.5 Å². The van der Waals surface area contributed by atoms with Crippen molar-refractivity contribution < 1.29 is 9.47 Å². The van der Waals surface area contributed by atoms with E-state index in [1.807, 2.05) is 18.2 Å². The highest BCUT2D eigenvalue weighted by molar-refractivity contribution is 5.85. The lowest BCUT2D eigenvalue weighted by atomic mass is 9.98. The molecular formula is C22H26N2O2. The van der Waals surface area contributed by atoms with Crippen molar-refractivity contribution >= 4 is 10.8 Å². The predicted molar refractivity (Wildman–Crippen MR) is 107 cm³/mol. The Bertz CT molecular complexity index is 858. The fraction of sp³-hybridized carbons (Fsp3) is 0.273. The van der Waals surface area contributed by atoms with Crippen molar-refractivity contribution in [1.82, 2.24) is 5.32 Å². The molecule has 0 bridgehead atoms. The van der Waals surface area contributed by atoms with Crippen molar-refractivity contribution in [2.24, 2.45) is 5.73 Å². The summed E-state index contributed by atoms with van der Waals surface area (Å²) in [4.78, 5) is 0. The van der Waals surface area contributed by atoms with Crippen LogP contribution in [0, 0.1) is 0 Å². The molecule has 0 spiro atoms. The average Bonchev–Trinajstić information content (AvgIpc) is 2.70. The van der Waals surface area contributed by atoms with Crippen molar-refractivity contribution in [1.29, 1.82) is 0 Å². The second-order valence-corrected chi connectivity index (χ2v) is 6.35. The van der Waals surface area contributed by atoms with Gasteiger partial charge in [0.1, 0.15) is 0 Å². The number of fused-ring (bicyclic) bond motifs is 1. The van der Waals surface area contributed by atoms with E-state index in [2.05, 4.69) is 47.8 Å². The summed E-state index contributed by atoms with van der Waals surface area (Å²) in [5.41, 5.74) is 8.48. The van der Waals surface area contributed by atoms with Crippen molar-refractivity contribution in [3.05, 3.63) is 71.8 Å². The summed E-state index contributed by atoms with van der Waals surface area (Å²) in [6.07, 6.45) is 0.894. The molecule has 0 aliphatic carbocycles. The molecule has 0 aliphatic heterocycles. The molecule has 3 N–H and O–H groups in total. The summed E-state index contributed by atoms with van der Waals surface area (Å²) in [7, 11) is 3.29. The molecule has 0 saturated carbocycles. The third kappa shape index (κ3) is 4.15. The van der Waals surface area contributed by atoms with E-state index in [0.717, 1.165) is 30.0 Å². The molecular weight excluding hydrogens is 324 g/mol. The Morgan fingerprint density at radius 1 is 0.923 bits per heavy atom. The molecule has 3 rings (SSSR count). The third-order valence-corrected chi connectivity index (χ3v) is 4.67. The van der Waals surface area contributed by atoms with Crippen LogP contribution in [-0.4, -0.2) is 26.8 Å². The summed E-state index contributed by atoms with van der Waals surface area (Å²) in [6.45, 7) is 1.31. The summed E-state index contributed by atoms with van der Waals surface area (Å²) in [5, 5.41) is 6.12. The van der Waals surface area contributed by atoms with Gasteiger partial charge < -0.3 is 20.5 Å². The van der Waals surface area contributed by atoms with Gasteiger partial charge in [0.15, 0.2) is 11.5 Å². The van der Waals surface area contributed by atoms with Crippen LogP contribution in [0.5, 0.6) is 11.5 Å². The Kier molecular flexibility index (Phi) is 6.10. The first-order valence-electron chi connectivity index (χ1n) is 8.86. The Balaban J connectivity index is 1.70. The Hall–Kier alpha value is -2.56. The van der Waals surface area contributed by atoms with Crippen LogP contribution >= 0.6 is 0 Å². The number of rotatable bonds is 8. The van der Waals surface area contributed by atoms with Crippen molar-refractivity contribution in [3.8, 4) is 11.5 Å². The first-order chi connectivity index (χ1) is 12.7. The molecule has 0 aromatic heterocycles. The maximum atomic E-state index is 6.02. The van der Waals surface area contributed by atoms with Gasteiger partial charge in [-0.15, -0.1) is 0 Å². The quantitative estimate of drug-likeness (QED) is 0.653. The molecule has 0 fully saturated rings. The van der Waals surface area contributed by atoms with Crippen LogP contribution in [0.15, 0.2) is 60.7 Å². The zero-order chi connectivity index (χ0) is 18.4. The standard InChI is InChI=1S/C22H26N2O2/c1-25-21-11-10-16(12-22(21)26-2)15-24-19(14-23)13-18-8-5-7-17-6-3-4-9-20(17)18/h3-12,19,24H,13-15,23H2,1-2H3. The van der Waals surface area contributed by atoms with Crippen molar-refractivity contribution in [3.63, 3.8) is 0 Å². The van der Waals surface area contributed by atoms with E-state index in [4.69, 9.17) is 15.2 Å². The lowest BCUT2D eigenvalue weighted by Crippen LogP contribution is -2.37. The normalized spacial score (nSPS) is 12.1. The zero-order valence-electron chi connectivity index (χ0n) is 15.4. The molecule has 4 heteroatoms. The smallest absolute Gasteiger partial charge is 0.161 e. The molecule has 3 aromatic rings. The van der Waals surface area contributed by atoms with Gasteiger partial charge in [-0.2, -0.15) is 0 Å². The molecule has 136 valence electrons. The van der Waals surface area contributed by atoms with Gasteiger partial charge in [-0.05, 0) is 40.5 Å². The highest BCUT2D eigenvalue weighted by atomic mass is 16.5. The molecule has 0 aliphatic rings. The maximum absolute atomic E-state index is 6.02. The Labute approximate surface area is 154 Å². The zero-order valence-corrected chi connectivity index (χ0v) is 15.4. The number of ether oxygens (including phenoxy) is 2. The summed E-state index contributed by atoms with van der Waals surface area (Å²) >= 11 is 0. The van der Waals surface area contributed by atoms with Gasteiger partial charge in [0.2, 0.25) is 0 Å². The van der Waals surface area contributed by atoms with Crippen molar-refractivity contribution in [2.45, 2.75) is 19.0 Å². The van der Waals surface area contributed by atoms with Gasteiger partial charge in [0.05, 0.1) is 14.2 Å². The number of benzene rings is 3. The highest BCUT2D eigenvalue weighted by Crippen LogP contribution is 2.27. The highest BCUT2D eigenvalue weighted by Gasteiger charge is 2.11. The van der Waals surface area contributed by atoms with Crippen LogP contribution in [0.25, 0.3) is 10.8 Å². The van der Waals surface area contributed by atoms with Gasteiger partial charge in [-0.3, -0.25) is 0 Å². The van der Waals surface area contributed by atoms with Crippen LogP contribution in [0.4, 0.5) is 0 Å². The van der Waals surface area contributed by atoms with E-state index >= 15 is 0 Å². The number of nitrogens with two attached hydrogens (primary N) is 1. The fourth-order valence-electron chi connectivity index (χ4n) is 3.23. The molecule has 1 atom stereocenters. The number of nitrogens with one attached hydrogen (secondary N) is 1. The van der Waals surface area contributed by atoms with Crippen molar-refractivity contribution in [2.75, 3.05) is 20.8 Å². The molecule has 4 nitrogen and oxygen atoms in total. The summed E-state index contributed by atoms with van der Waals surface area (Å²) < 4.78 is 10.7.